The number of carbonyl (C=O) groups excluding carboxylic acids is 2. The Bertz CT molecular complexity index is 944. The molecule has 0 aromatic carbocycles. The van der Waals surface area contributed by atoms with Crippen molar-refractivity contribution in [2.75, 3.05) is 0 Å². The smallest absolute Gasteiger partial charge is 0.404 e. The van der Waals surface area contributed by atoms with E-state index in [9.17, 15) is 24.9 Å². The van der Waals surface area contributed by atoms with E-state index in [1.165, 1.54) is 0 Å². The van der Waals surface area contributed by atoms with Crippen LogP contribution in [0.15, 0.2) is 48.6 Å². The van der Waals surface area contributed by atoms with E-state index in [1.54, 1.807) is 18.2 Å². The van der Waals surface area contributed by atoms with Crippen molar-refractivity contribution in [3.05, 3.63) is 48.6 Å². The molecule has 1 saturated heterocycles. The molecular weight excluding hydrogens is 534 g/mol. The average molecular weight is 592 g/mol. The molecule has 42 heavy (non-hydrogen) atoms. The van der Waals surface area contributed by atoms with Crippen molar-refractivity contribution in [3.63, 3.8) is 0 Å². The number of hydrogen-bond donors (Lipinski definition) is 4. The summed E-state index contributed by atoms with van der Waals surface area (Å²) in [6, 6.07) is 0. The third-order valence-corrected chi connectivity index (χ3v) is 8.72. The molecule has 0 aliphatic carbocycles. The number of carbonyl (C=O) groups is 2. The van der Waals surface area contributed by atoms with Gasteiger partial charge in [0.1, 0.15) is 12.2 Å². The van der Waals surface area contributed by atoms with E-state index in [0.29, 0.717) is 6.42 Å². The second-order valence-corrected chi connectivity index (χ2v) is 12.7. The van der Waals surface area contributed by atoms with Crippen molar-refractivity contribution in [1.82, 2.24) is 0 Å². The summed E-state index contributed by atoms with van der Waals surface area (Å²) >= 11 is 0. The highest BCUT2D eigenvalue weighted by molar-refractivity contribution is 5.73. The number of amides is 1. The summed E-state index contributed by atoms with van der Waals surface area (Å²) in [5.74, 6) is -0.970. The van der Waals surface area contributed by atoms with Gasteiger partial charge in [-0.2, -0.15) is 0 Å². The van der Waals surface area contributed by atoms with Gasteiger partial charge in [-0.15, -0.1) is 0 Å². The van der Waals surface area contributed by atoms with Crippen molar-refractivity contribution in [3.8, 4) is 0 Å². The summed E-state index contributed by atoms with van der Waals surface area (Å²) in [5.41, 5.74) is 6.41. The standard InChI is InChI=1S/C34H57NO7/c1-10-11-12-23(5)32(42-34(35)40)27(9)31(38)22(4)14-13-20(2)17-25(7)30(37)21(3)15-16-28(36)19-29-24(6)18-26(8)33(39)41-29/h10-12,15-17,21-32,36-38H,1,13-14,18-19H2,2-9H3,(H2,35,40)/b12-11-,16-15-,20-17-/t21?,22-,23-,24+,25-,26+,27-,28+,29-,30-,31+,32-/m0/s1. The number of rotatable bonds is 17. The molecule has 1 amide bonds. The van der Waals surface area contributed by atoms with Gasteiger partial charge < -0.3 is 30.5 Å². The first-order valence-electron chi connectivity index (χ1n) is 15.4. The zero-order chi connectivity index (χ0) is 32.1. The van der Waals surface area contributed by atoms with Gasteiger partial charge in [-0.25, -0.2) is 4.79 Å². The molecule has 1 heterocycles. The van der Waals surface area contributed by atoms with Crippen LogP contribution in [-0.4, -0.2) is 57.9 Å². The Morgan fingerprint density at radius 1 is 1.05 bits per heavy atom. The highest BCUT2D eigenvalue weighted by atomic mass is 16.6. The Morgan fingerprint density at radius 3 is 2.29 bits per heavy atom. The molecule has 12 atom stereocenters. The molecule has 240 valence electrons. The summed E-state index contributed by atoms with van der Waals surface area (Å²) in [6.07, 6.45) is 9.59. The monoisotopic (exact) mass is 591 g/mol. The maximum atomic E-state index is 11.9. The minimum Gasteiger partial charge on any atom is -0.462 e. The van der Waals surface area contributed by atoms with Gasteiger partial charge in [0.25, 0.3) is 0 Å². The van der Waals surface area contributed by atoms with Crippen LogP contribution in [0, 0.1) is 41.4 Å². The Morgan fingerprint density at radius 2 is 1.69 bits per heavy atom. The fraction of sp³-hybridized carbons (Fsp3) is 0.706. The summed E-state index contributed by atoms with van der Waals surface area (Å²) < 4.78 is 10.9. The van der Waals surface area contributed by atoms with E-state index in [-0.39, 0.29) is 53.5 Å². The number of aliphatic hydroxyl groups excluding tert-OH is 3. The number of nitrogens with two attached hydrogens (primary N) is 1. The summed E-state index contributed by atoms with van der Waals surface area (Å²) in [5, 5.41) is 32.5. The third kappa shape index (κ3) is 12.4. The van der Waals surface area contributed by atoms with E-state index in [2.05, 4.69) is 12.7 Å². The van der Waals surface area contributed by atoms with E-state index >= 15 is 0 Å². The first kappa shape index (κ1) is 37.6. The highest BCUT2D eigenvalue weighted by Gasteiger charge is 2.34. The lowest BCUT2D eigenvalue weighted by atomic mass is 9.82. The van der Waals surface area contributed by atoms with Gasteiger partial charge in [-0.1, -0.05) is 97.1 Å². The van der Waals surface area contributed by atoms with Gasteiger partial charge >= 0.3 is 12.1 Å². The fourth-order valence-corrected chi connectivity index (χ4v) is 5.84. The molecule has 1 unspecified atom stereocenters. The Balaban J connectivity index is 2.67. The molecule has 8 heteroatoms. The number of primary amides is 1. The molecule has 8 nitrogen and oxygen atoms in total. The van der Waals surface area contributed by atoms with Gasteiger partial charge in [0.05, 0.1) is 24.2 Å². The number of cyclic esters (lactones) is 1. The van der Waals surface area contributed by atoms with Crippen molar-refractivity contribution in [2.45, 2.75) is 112 Å². The van der Waals surface area contributed by atoms with Crippen molar-refractivity contribution in [1.29, 1.82) is 0 Å². The van der Waals surface area contributed by atoms with Crippen LogP contribution in [0.3, 0.4) is 0 Å². The lowest BCUT2D eigenvalue weighted by Crippen LogP contribution is -2.41. The van der Waals surface area contributed by atoms with E-state index in [4.69, 9.17) is 15.2 Å². The number of hydrogen-bond acceptors (Lipinski definition) is 7. The molecule has 0 bridgehead atoms. The van der Waals surface area contributed by atoms with Crippen LogP contribution in [0.1, 0.15) is 81.1 Å². The molecular formula is C34H57NO7. The zero-order valence-electron chi connectivity index (χ0n) is 27.0. The molecule has 1 rings (SSSR count). The van der Waals surface area contributed by atoms with Gasteiger partial charge in [-0.05, 0) is 38.0 Å². The molecule has 1 fully saturated rings. The minimum absolute atomic E-state index is 0.0594. The molecule has 0 saturated carbocycles. The summed E-state index contributed by atoms with van der Waals surface area (Å²) in [6.45, 7) is 19.2. The van der Waals surface area contributed by atoms with Crippen LogP contribution in [0.5, 0.6) is 0 Å². The topological polar surface area (TPSA) is 139 Å². The van der Waals surface area contributed by atoms with Crippen LogP contribution in [0.2, 0.25) is 0 Å². The van der Waals surface area contributed by atoms with E-state index in [1.807, 2.05) is 67.5 Å². The number of esters is 1. The average Bonchev–Trinajstić information content (AvgIpc) is 2.93. The second kappa shape index (κ2) is 18.3. The van der Waals surface area contributed by atoms with E-state index in [0.717, 1.165) is 24.8 Å². The van der Waals surface area contributed by atoms with Gasteiger partial charge in [0, 0.05) is 30.1 Å². The largest absolute Gasteiger partial charge is 0.462 e. The SMILES string of the molecule is C=C/C=C\[C@H](C)[C@H](OC(N)=O)[C@@H](C)[C@H](O)[C@@H](C)CC/C(C)=C\[C@H](C)[C@@H](O)C(C)/C=C\[C@@H](O)C[C@@H]1OC(=O)[C@H](C)C[C@H]1C. The third-order valence-electron chi connectivity index (χ3n) is 8.72. The van der Waals surface area contributed by atoms with Gasteiger partial charge in [-0.3, -0.25) is 4.79 Å². The molecule has 0 spiro atoms. The first-order chi connectivity index (χ1) is 19.6. The van der Waals surface area contributed by atoms with Crippen LogP contribution in [-0.2, 0) is 14.3 Å². The normalized spacial score (nSPS) is 26.5. The highest BCUT2D eigenvalue weighted by Crippen LogP contribution is 2.30. The van der Waals surface area contributed by atoms with E-state index < -0.39 is 30.5 Å². The van der Waals surface area contributed by atoms with Gasteiger partial charge in [0.15, 0.2) is 0 Å². The van der Waals surface area contributed by atoms with Crippen molar-refractivity contribution in [2.24, 2.45) is 47.2 Å². The quantitative estimate of drug-likeness (QED) is 0.0964. The second-order valence-electron chi connectivity index (χ2n) is 12.7. The van der Waals surface area contributed by atoms with Crippen LogP contribution in [0.4, 0.5) is 4.79 Å². The lowest BCUT2D eigenvalue weighted by molar-refractivity contribution is -0.165. The predicted molar refractivity (Wildman–Crippen MR) is 167 cm³/mol. The Hall–Kier alpha value is -2.42. The maximum Gasteiger partial charge on any atom is 0.404 e. The van der Waals surface area contributed by atoms with Crippen molar-refractivity contribution < 1.29 is 34.4 Å². The number of aliphatic hydroxyl groups is 3. The molecule has 1 aliphatic rings. The number of allylic oxidation sites excluding steroid dienone is 3. The van der Waals surface area contributed by atoms with Crippen LogP contribution in [0.25, 0.3) is 0 Å². The molecule has 0 aromatic heterocycles. The maximum absolute atomic E-state index is 11.9. The van der Waals surface area contributed by atoms with Crippen LogP contribution < -0.4 is 5.73 Å². The minimum atomic E-state index is -0.866. The summed E-state index contributed by atoms with van der Waals surface area (Å²) in [7, 11) is 0. The lowest BCUT2D eigenvalue weighted by Gasteiger charge is -2.33. The molecule has 0 radical (unpaired) electrons. The Labute approximate surface area is 253 Å². The summed E-state index contributed by atoms with van der Waals surface area (Å²) in [4.78, 5) is 23.4. The van der Waals surface area contributed by atoms with Crippen LogP contribution >= 0.6 is 0 Å². The molecule has 0 aromatic rings. The zero-order valence-corrected chi connectivity index (χ0v) is 27.0. The number of ether oxygens (including phenoxy) is 2. The fourth-order valence-electron chi connectivity index (χ4n) is 5.84. The molecule has 1 aliphatic heterocycles. The Kier molecular flexibility index (Phi) is 16.4. The van der Waals surface area contributed by atoms with Gasteiger partial charge in [0.2, 0.25) is 0 Å². The molecule has 5 N–H and O–H groups in total. The van der Waals surface area contributed by atoms with Crippen molar-refractivity contribution >= 4 is 12.1 Å². The predicted octanol–water partition coefficient (Wildman–Crippen LogP) is 5.72. The first-order valence-corrected chi connectivity index (χ1v) is 15.4.